The molecule has 0 fully saturated rings. The number of hydrogen-bond acceptors (Lipinski definition) is 6. The summed E-state index contributed by atoms with van der Waals surface area (Å²) < 4.78 is 17.5. The van der Waals surface area contributed by atoms with E-state index < -0.39 is 0 Å². The number of methoxy groups -OCH3 is 2. The van der Waals surface area contributed by atoms with E-state index in [-0.39, 0.29) is 0 Å². The van der Waals surface area contributed by atoms with Crippen molar-refractivity contribution in [1.29, 1.82) is 0 Å². The van der Waals surface area contributed by atoms with Crippen LogP contribution in [0.25, 0.3) is 0 Å². The van der Waals surface area contributed by atoms with Crippen LogP contribution >= 0.6 is 0 Å². The van der Waals surface area contributed by atoms with Gasteiger partial charge >= 0.3 is 0 Å². The Bertz CT molecular complexity index is 1230. The molecule has 4 rings (SSSR count). The van der Waals surface area contributed by atoms with E-state index >= 15 is 0 Å². The smallest absolute Gasteiger partial charge is 0.162 e. The largest absolute Gasteiger partial charge is 0.508 e. The zero-order valence-electron chi connectivity index (χ0n) is 24.9. The molecule has 3 aromatic carbocycles. The normalized spacial score (nSPS) is 14.6. The van der Waals surface area contributed by atoms with E-state index in [1.54, 1.807) is 20.3 Å². The maximum absolute atomic E-state index is 9.95. The van der Waals surface area contributed by atoms with Crippen molar-refractivity contribution in [2.75, 3.05) is 52.4 Å². The van der Waals surface area contributed by atoms with Gasteiger partial charge in [-0.25, -0.2) is 0 Å². The summed E-state index contributed by atoms with van der Waals surface area (Å²) in [6, 6.07) is 18.6. The number of phenolic OH excluding ortho intramolecular Hbond substituents is 1. The van der Waals surface area contributed by atoms with Crippen molar-refractivity contribution in [2.24, 2.45) is 0 Å². The summed E-state index contributed by atoms with van der Waals surface area (Å²) in [5.74, 6) is 3.11. The van der Waals surface area contributed by atoms with Crippen molar-refractivity contribution < 1.29 is 19.3 Å². The van der Waals surface area contributed by atoms with Crippen LogP contribution in [0.3, 0.4) is 0 Å². The molecule has 0 aromatic heterocycles. The fourth-order valence-corrected chi connectivity index (χ4v) is 5.63. The molecule has 216 valence electrons. The number of ether oxygens (including phenoxy) is 3. The number of anilines is 1. The first-order valence-electron chi connectivity index (χ1n) is 14.7. The maximum atomic E-state index is 9.95. The van der Waals surface area contributed by atoms with E-state index in [1.807, 2.05) is 6.07 Å². The van der Waals surface area contributed by atoms with Gasteiger partial charge in [0.1, 0.15) is 18.1 Å². The topological polar surface area (TPSA) is 54.4 Å². The lowest BCUT2D eigenvalue weighted by molar-refractivity contribution is 0.235. The molecule has 1 aliphatic carbocycles. The molecule has 6 heteroatoms. The summed E-state index contributed by atoms with van der Waals surface area (Å²) in [5.41, 5.74) is 6.26. The van der Waals surface area contributed by atoms with Crippen LogP contribution in [0.15, 0.2) is 54.6 Å². The van der Waals surface area contributed by atoms with Gasteiger partial charge in [0.2, 0.25) is 0 Å². The number of aromatic hydroxyl groups is 1. The van der Waals surface area contributed by atoms with Crippen LogP contribution in [0.4, 0.5) is 5.69 Å². The molecule has 0 radical (unpaired) electrons. The molecular weight excluding hydrogens is 500 g/mol. The predicted molar refractivity (Wildman–Crippen MR) is 163 cm³/mol. The molecule has 0 heterocycles. The third kappa shape index (κ3) is 7.42. The summed E-state index contributed by atoms with van der Waals surface area (Å²) in [5, 5.41) is 9.95. The fraction of sp³-hybridized carbons (Fsp3) is 0.471. The minimum Gasteiger partial charge on any atom is -0.508 e. The summed E-state index contributed by atoms with van der Waals surface area (Å²) in [6.07, 6.45) is 5.35. The van der Waals surface area contributed by atoms with Crippen LogP contribution in [0.1, 0.15) is 61.3 Å². The van der Waals surface area contributed by atoms with Gasteiger partial charge in [0.15, 0.2) is 11.5 Å². The zero-order valence-corrected chi connectivity index (χ0v) is 24.9. The number of fused-ring (bicyclic) bond motifs is 1. The Morgan fingerprint density at radius 3 is 2.35 bits per heavy atom. The van der Waals surface area contributed by atoms with E-state index in [0.717, 1.165) is 62.7 Å². The third-order valence-electron chi connectivity index (χ3n) is 8.05. The number of nitrogens with zero attached hydrogens (tertiary/aromatic N) is 2. The van der Waals surface area contributed by atoms with Crippen LogP contribution in [0.5, 0.6) is 23.0 Å². The SMILES string of the molecule is CCCCN(C)CCOc1ccc(CN(CC)c2cc(OC)c(OC)cc2[C@@H]2CCc3cc(O)ccc3C2)cc1. The highest BCUT2D eigenvalue weighted by Crippen LogP contribution is 2.43. The van der Waals surface area contributed by atoms with Gasteiger partial charge < -0.3 is 29.1 Å². The Kier molecular flexibility index (Phi) is 10.6. The Morgan fingerprint density at radius 1 is 0.900 bits per heavy atom. The van der Waals surface area contributed by atoms with Crippen molar-refractivity contribution in [3.05, 3.63) is 76.9 Å². The highest BCUT2D eigenvalue weighted by atomic mass is 16.5. The third-order valence-corrected chi connectivity index (χ3v) is 8.05. The second-order valence-corrected chi connectivity index (χ2v) is 10.8. The molecule has 6 nitrogen and oxygen atoms in total. The quantitative estimate of drug-likeness (QED) is 0.240. The molecule has 3 aromatic rings. The second kappa shape index (κ2) is 14.3. The van der Waals surface area contributed by atoms with E-state index in [0.29, 0.717) is 18.3 Å². The molecule has 0 amide bonds. The Morgan fingerprint density at radius 2 is 1.65 bits per heavy atom. The van der Waals surface area contributed by atoms with E-state index in [1.165, 1.54) is 40.8 Å². The van der Waals surface area contributed by atoms with Gasteiger partial charge in [0.25, 0.3) is 0 Å². The molecule has 0 bridgehead atoms. The average Bonchev–Trinajstić information content (AvgIpc) is 2.98. The first-order chi connectivity index (χ1) is 19.4. The monoisotopic (exact) mass is 546 g/mol. The molecule has 1 aliphatic rings. The van der Waals surface area contributed by atoms with E-state index in [2.05, 4.69) is 73.2 Å². The van der Waals surface area contributed by atoms with Crippen LogP contribution in [-0.2, 0) is 19.4 Å². The minimum absolute atomic E-state index is 0.344. The fourth-order valence-electron chi connectivity index (χ4n) is 5.63. The summed E-state index contributed by atoms with van der Waals surface area (Å²) in [4.78, 5) is 4.74. The Labute approximate surface area is 240 Å². The second-order valence-electron chi connectivity index (χ2n) is 10.8. The molecule has 0 saturated heterocycles. The number of phenols is 1. The standard InChI is InChI=1S/C34H46N2O4/c1-6-8-17-35(3)18-19-40-30-15-9-25(10-16-30)24-36(7-2)32-23-34(39-5)33(38-4)22-31(32)28-12-11-27-21-29(37)14-13-26(27)20-28/h9-10,13-16,21-23,28,37H,6-8,11-12,17-20,24H2,1-5H3/t28-/m1/s1. The first-order valence-corrected chi connectivity index (χ1v) is 14.7. The molecular formula is C34H46N2O4. The maximum Gasteiger partial charge on any atom is 0.162 e. The van der Waals surface area contributed by atoms with Gasteiger partial charge in [0, 0.05) is 31.4 Å². The van der Waals surface area contributed by atoms with Crippen LogP contribution in [-0.4, -0.2) is 57.5 Å². The van der Waals surface area contributed by atoms with Crippen molar-refractivity contribution in [3.8, 4) is 23.0 Å². The van der Waals surface area contributed by atoms with Gasteiger partial charge in [-0.1, -0.05) is 31.5 Å². The van der Waals surface area contributed by atoms with Crippen molar-refractivity contribution in [1.82, 2.24) is 4.90 Å². The van der Waals surface area contributed by atoms with E-state index in [4.69, 9.17) is 14.2 Å². The van der Waals surface area contributed by atoms with Gasteiger partial charge in [-0.3, -0.25) is 0 Å². The summed E-state index contributed by atoms with van der Waals surface area (Å²) >= 11 is 0. The number of rotatable bonds is 14. The molecule has 0 aliphatic heterocycles. The first kappa shape index (κ1) is 29.6. The number of unbranched alkanes of at least 4 members (excludes halogenated alkanes) is 1. The van der Waals surface area contributed by atoms with Crippen molar-refractivity contribution in [3.63, 3.8) is 0 Å². The molecule has 1 N–H and O–H groups in total. The molecule has 40 heavy (non-hydrogen) atoms. The number of likely N-dealkylation sites (N-methyl/N-ethyl adjacent to an activating group) is 1. The minimum atomic E-state index is 0.344. The average molecular weight is 547 g/mol. The number of hydrogen-bond donors (Lipinski definition) is 1. The number of benzene rings is 3. The number of aryl methyl sites for hydroxylation is 1. The lowest BCUT2D eigenvalue weighted by Gasteiger charge is -2.32. The molecule has 0 spiro atoms. The van der Waals surface area contributed by atoms with Gasteiger partial charge in [-0.15, -0.1) is 0 Å². The van der Waals surface area contributed by atoms with Crippen LogP contribution < -0.4 is 19.1 Å². The lowest BCUT2D eigenvalue weighted by Crippen LogP contribution is -2.25. The van der Waals surface area contributed by atoms with Crippen LogP contribution in [0.2, 0.25) is 0 Å². The van der Waals surface area contributed by atoms with Gasteiger partial charge in [-0.05, 0) is 105 Å². The van der Waals surface area contributed by atoms with Gasteiger partial charge in [-0.2, -0.15) is 0 Å². The molecule has 1 atom stereocenters. The van der Waals surface area contributed by atoms with Crippen molar-refractivity contribution in [2.45, 2.75) is 58.4 Å². The highest BCUT2D eigenvalue weighted by Gasteiger charge is 2.26. The summed E-state index contributed by atoms with van der Waals surface area (Å²) in [6.45, 7) is 8.81. The Hall–Kier alpha value is -3.38. The Balaban J connectivity index is 1.51. The highest BCUT2D eigenvalue weighted by molar-refractivity contribution is 5.64. The molecule has 0 saturated carbocycles. The van der Waals surface area contributed by atoms with Gasteiger partial charge in [0.05, 0.1) is 14.2 Å². The summed E-state index contributed by atoms with van der Waals surface area (Å²) in [7, 11) is 5.55. The van der Waals surface area contributed by atoms with Crippen molar-refractivity contribution >= 4 is 5.69 Å². The lowest BCUT2D eigenvalue weighted by atomic mass is 9.79. The van der Waals surface area contributed by atoms with E-state index in [9.17, 15) is 5.11 Å². The predicted octanol–water partition coefficient (Wildman–Crippen LogP) is 6.82. The zero-order chi connectivity index (χ0) is 28.5. The molecule has 0 unspecified atom stereocenters. The van der Waals surface area contributed by atoms with Crippen LogP contribution in [0, 0.1) is 0 Å².